The molecule has 5 heteroatoms. The summed E-state index contributed by atoms with van der Waals surface area (Å²) in [6, 6.07) is 4.84. The van der Waals surface area contributed by atoms with Crippen molar-refractivity contribution in [3.8, 4) is 0 Å². The first-order valence-electron chi connectivity index (χ1n) is 3.39. The number of carbonyl (C=O) groups excluding carboxylic acids is 1. The number of esters is 1. The number of benzene rings is 1. The van der Waals surface area contributed by atoms with Crippen LogP contribution in [0.5, 0.6) is 0 Å². The summed E-state index contributed by atoms with van der Waals surface area (Å²) in [6.45, 7) is 0. The van der Waals surface area contributed by atoms with Crippen molar-refractivity contribution in [1.82, 2.24) is 0 Å². The summed E-state index contributed by atoms with van der Waals surface area (Å²) in [4.78, 5) is 11.0. The lowest BCUT2D eigenvalue weighted by Gasteiger charge is -2.04. The summed E-state index contributed by atoms with van der Waals surface area (Å²) >= 11 is 0. The molecule has 0 heterocycles. The zero-order valence-electron chi connectivity index (χ0n) is 7.11. The molecule has 4 nitrogen and oxygen atoms in total. The predicted octanol–water partition coefficient (Wildman–Crippen LogP) is 1.06. The van der Waals surface area contributed by atoms with Gasteiger partial charge in [-0.2, -0.15) is 0 Å². The second kappa shape index (κ2) is 4.57. The average Bonchev–Trinajstić information content (AvgIpc) is 2.08. The number of nitrogens with two attached hydrogens (primary N) is 2. The Kier molecular flexibility index (Phi) is 4.07. The Labute approximate surface area is 82.3 Å². The van der Waals surface area contributed by atoms with Crippen molar-refractivity contribution >= 4 is 29.8 Å². The Bertz CT molecular complexity index is 315. The van der Waals surface area contributed by atoms with Gasteiger partial charge in [-0.15, -0.1) is 12.4 Å². The quantitative estimate of drug-likeness (QED) is 0.527. The molecule has 0 amide bonds. The summed E-state index contributed by atoms with van der Waals surface area (Å²) in [5.74, 6) is -0.472. The Balaban J connectivity index is 0.00000144. The van der Waals surface area contributed by atoms with Crippen LogP contribution in [-0.2, 0) is 4.74 Å². The van der Waals surface area contributed by atoms with E-state index in [0.717, 1.165) is 0 Å². The molecule has 72 valence electrons. The molecule has 1 aromatic carbocycles. The SMILES string of the molecule is COC(=O)c1cccc(N)c1N.Cl. The molecule has 0 saturated heterocycles. The molecule has 0 fully saturated rings. The normalized spacial score (nSPS) is 8.69. The fourth-order valence-corrected chi connectivity index (χ4v) is 0.871. The number of nitrogen functional groups attached to an aromatic ring is 2. The summed E-state index contributed by atoms with van der Waals surface area (Å²) in [5, 5.41) is 0. The van der Waals surface area contributed by atoms with Gasteiger partial charge in [-0.05, 0) is 12.1 Å². The Hall–Kier alpha value is -1.42. The molecule has 0 aliphatic carbocycles. The molecule has 0 atom stereocenters. The highest BCUT2D eigenvalue weighted by atomic mass is 35.5. The van der Waals surface area contributed by atoms with Crippen LogP contribution >= 0.6 is 12.4 Å². The molecule has 0 radical (unpaired) electrons. The number of para-hydroxylation sites is 1. The number of carbonyl (C=O) groups is 1. The molecular formula is C8H11ClN2O2. The Morgan fingerprint density at radius 1 is 1.38 bits per heavy atom. The third-order valence-corrected chi connectivity index (χ3v) is 1.55. The molecule has 4 N–H and O–H groups in total. The van der Waals surface area contributed by atoms with Gasteiger partial charge in [0.05, 0.1) is 24.0 Å². The molecule has 0 aromatic heterocycles. The maximum Gasteiger partial charge on any atom is 0.340 e. The first-order valence-corrected chi connectivity index (χ1v) is 3.39. The van der Waals surface area contributed by atoms with Gasteiger partial charge in [-0.1, -0.05) is 6.07 Å². The van der Waals surface area contributed by atoms with Crippen LogP contribution in [0.3, 0.4) is 0 Å². The van der Waals surface area contributed by atoms with Gasteiger partial charge in [0.1, 0.15) is 0 Å². The highest BCUT2D eigenvalue weighted by Crippen LogP contribution is 2.19. The van der Waals surface area contributed by atoms with Gasteiger partial charge in [0, 0.05) is 0 Å². The van der Waals surface area contributed by atoms with E-state index >= 15 is 0 Å². The van der Waals surface area contributed by atoms with E-state index in [1.807, 2.05) is 0 Å². The van der Waals surface area contributed by atoms with Crippen LogP contribution < -0.4 is 11.5 Å². The van der Waals surface area contributed by atoms with Crippen LogP contribution in [0.15, 0.2) is 18.2 Å². The number of hydrogen-bond acceptors (Lipinski definition) is 4. The largest absolute Gasteiger partial charge is 0.465 e. The van der Waals surface area contributed by atoms with Crippen LogP contribution in [0.25, 0.3) is 0 Å². The van der Waals surface area contributed by atoms with Crippen molar-refractivity contribution in [2.75, 3.05) is 18.6 Å². The monoisotopic (exact) mass is 202 g/mol. The van der Waals surface area contributed by atoms with Crippen molar-refractivity contribution in [2.24, 2.45) is 0 Å². The minimum atomic E-state index is -0.472. The van der Waals surface area contributed by atoms with Crippen LogP contribution in [0.2, 0.25) is 0 Å². The lowest BCUT2D eigenvalue weighted by Crippen LogP contribution is -2.07. The zero-order valence-corrected chi connectivity index (χ0v) is 7.93. The third kappa shape index (κ3) is 2.26. The van der Waals surface area contributed by atoms with Gasteiger partial charge in [0.2, 0.25) is 0 Å². The molecule has 13 heavy (non-hydrogen) atoms. The molecular weight excluding hydrogens is 192 g/mol. The zero-order chi connectivity index (χ0) is 9.14. The Morgan fingerprint density at radius 2 is 2.00 bits per heavy atom. The van der Waals surface area contributed by atoms with Crippen molar-refractivity contribution in [3.63, 3.8) is 0 Å². The van der Waals surface area contributed by atoms with Gasteiger partial charge in [-0.3, -0.25) is 0 Å². The van der Waals surface area contributed by atoms with Crippen LogP contribution in [0.1, 0.15) is 10.4 Å². The first kappa shape index (κ1) is 11.6. The molecule has 0 spiro atoms. The number of ether oxygens (including phenoxy) is 1. The second-order valence-electron chi connectivity index (χ2n) is 2.30. The maximum atomic E-state index is 11.0. The number of methoxy groups -OCH3 is 1. The first-order chi connectivity index (χ1) is 5.66. The molecule has 1 rings (SSSR count). The number of hydrogen-bond donors (Lipinski definition) is 2. The van der Waals surface area contributed by atoms with Crippen LogP contribution in [-0.4, -0.2) is 13.1 Å². The standard InChI is InChI=1S/C8H10N2O2.ClH/c1-12-8(11)5-3-2-4-6(9)7(5)10;/h2-4H,9-10H2,1H3;1H. The van der Waals surface area contributed by atoms with Gasteiger partial charge in [-0.25, -0.2) is 4.79 Å². The minimum absolute atomic E-state index is 0. The maximum absolute atomic E-state index is 11.0. The summed E-state index contributed by atoms with van der Waals surface area (Å²) in [5.41, 5.74) is 12.0. The van der Waals surface area contributed by atoms with E-state index in [0.29, 0.717) is 11.3 Å². The van der Waals surface area contributed by atoms with E-state index in [9.17, 15) is 4.79 Å². The second-order valence-corrected chi connectivity index (χ2v) is 2.30. The molecule has 0 unspecified atom stereocenters. The summed E-state index contributed by atoms with van der Waals surface area (Å²) < 4.78 is 4.50. The lowest BCUT2D eigenvalue weighted by molar-refractivity contribution is 0.0602. The van der Waals surface area contributed by atoms with Gasteiger partial charge < -0.3 is 16.2 Å². The average molecular weight is 203 g/mol. The van der Waals surface area contributed by atoms with E-state index in [1.54, 1.807) is 18.2 Å². The van der Waals surface area contributed by atoms with Crippen molar-refractivity contribution in [3.05, 3.63) is 23.8 Å². The molecule has 1 aromatic rings. The lowest BCUT2D eigenvalue weighted by atomic mass is 10.1. The van der Waals surface area contributed by atoms with E-state index < -0.39 is 5.97 Å². The topological polar surface area (TPSA) is 78.3 Å². The fourth-order valence-electron chi connectivity index (χ4n) is 0.871. The molecule has 0 bridgehead atoms. The smallest absolute Gasteiger partial charge is 0.340 e. The van der Waals surface area contributed by atoms with E-state index in [4.69, 9.17) is 11.5 Å². The highest BCUT2D eigenvalue weighted by molar-refractivity contribution is 5.97. The van der Waals surface area contributed by atoms with Crippen molar-refractivity contribution in [2.45, 2.75) is 0 Å². The number of rotatable bonds is 1. The van der Waals surface area contributed by atoms with Gasteiger partial charge in [0.25, 0.3) is 0 Å². The van der Waals surface area contributed by atoms with Crippen molar-refractivity contribution in [1.29, 1.82) is 0 Å². The van der Waals surface area contributed by atoms with Crippen LogP contribution in [0, 0.1) is 0 Å². The molecule has 0 aliphatic rings. The van der Waals surface area contributed by atoms with Crippen molar-refractivity contribution < 1.29 is 9.53 Å². The summed E-state index contributed by atoms with van der Waals surface area (Å²) in [6.07, 6.45) is 0. The van der Waals surface area contributed by atoms with Gasteiger partial charge in [0.15, 0.2) is 0 Å². The number of anilines is 2. The van der Waals surface area contributed by atoms with Gasteiger partial charge >= 0.3 is 5.97 Å². The summed E-state index contributed by atoms with van der Waals surface area (Å²) in [7, 11) is 1.30. The minimum Gasteiger partial charge on any atom is -0.465 e. The van der Waals surface area contributed by atoms with E-state index in [-0.39, 0.29) is 18.1 Å². The molecule has 0 aliphatic heterocycles. The Morgan fingerprint density at radius 3 is 2.54 bits per heavy atom. The highest BCUT2D eigenvalue weighted by Gasteiger charge is 2.10. The van der Waals surface area contributed by atoms with Crippen LogP contribution in [0.4, 0.5) is 11.4 Å². The van der Waals surface area contributed by atoms with E-state index in [1.165, 1.54) is 7.11 Å². The number of halogens is 1. The molecule has 0 saturated carbocycles. The fraction of sp³-hybridized carbons (Fsp3) is 0.125. The van der Waals surface area contributed by atoms with E-state index in [2.05, 4.69) is 4.74 Å². The predicted molar refractivity (Wildman–Crippen MR) is 53.9 cm³/mol. The third-order valence-electron chi connectivity index (χ3n) is 1.55.